The van der Waals surface area contributed by atoms with E-state index in [0.717, 1.165) is 36.3 Å². The zero-order valence-electron chi connectivity index (χ0n) is 13.4. The molecule has 2 heterocycles. The Morgan fingerprint density at radius 3 is 2.71 bits per heavy atom. The van der Waals surface area contributed by atoms with Crippen molar-refractivity contribution < 1.29 is 9.53 Å². The Bertz CT molecular complexity index is 715. The molecule has 1 aliphatic rings. The van der Waals surface area contributed by atoms with Crippen molar-refractivity contribution in [2.24, 2.45) is 0 Å². The number of benzene rings is 1. The summed E-state index contributed by atoms with van der Waals surface area (Å²) in [4.78, 5) is 18.9. The first-order chi connectivity index (χ1) is 11.7. The number of hydrogen-bond acceptors (Lipinski definition) is 5. The molecule has 0 bridgehead atoms. The fraction of sp³-hybridized carbons (Fsp3) is 0.294. The van der Waals surface area contributed by atoms with Gasteiger partial charge in [0.25, 0.3) is 5.91 Å². The minimum atomic E-state index is -0.208. The Kier molecular flexibility index (Phi) is 5.32. The monoisotopic (exact) mass is 390 g/mol. The highest BCUT2D eigenvalue weighted by Crippen LogP contribution is 2.26. The van der Waals surface area contributed by atoms with Gasteiger partial charge in [0.15, 0.2) is 0 Å². The van der Waals surface area contributed by atoms with Crippen LogP contribution in [0.25, 0.3) is 0 Å². The number of ether oxygens (including phenoxy) is 1. The number of rotatable bonds is 4. The molecule has 0 aliphatic carbocycles. The van der Waals surface area contributed by atoms with Crippen molar-refractivity contribution in [1.82, 2.24) is 10.3 Å². The van der Waals surface area contributed by atoms with Gasteiger partial charge in [-0.3, -0.25) is 4.79 Å². The van der Waals surface area contributed by atoms with Gasteiger partial charge in [0, 0.05) is 31.7 Å². The van der Waals surface area contributed by atoms with E-state index in [1.807, 2.05) is 12.1 Å². The maximum atomic E-state index is 12.3. The van der Waals surface area contributed by atoms with Crippen LogP contribution in [0.4, 0.5) is 11.5 Å². The van der Waals surface area contributed by atoms with Crippen LogP contribution in [0.1, 0.15) is 10.4 Å². The highest BCUT2D eigenvalue weighted by atomic mass is 79.9. The van der Waals surface area contributed by atoms with Crippen LogP contribution in [-0.2, 0) is 0 Å². The highest BCUT2D eigenvalue weighted by Gasteiger charge is 2.12. The third-order valence-corrected chi connectivity index (χ3v) is 4.51. The van der Waals surface area contributed by atoms with E-state index >= 15 is 0 Å². The van der Waals surface area contributed by atoms with Gasteiger partial charge >= 0.3 is 0 Å². The topological polar surface area (TPSA) is 66.5 Å². The lowest BCUT2D eigenvalue weighted by Gasteiger charge is -2.29. The van der Waals surface area contributed by atoms with Gasteiger partial charge in [0.1, 0.15) is 11.6 Å². The average molecular weight is 391 g/mol. The number of hydrogen-bond donors (Lipinski definition) is 2. The molecule has 2 aromatic rings. The van der Waals surface area contributed by atoms with Crippen molar-refractivity contribution in [3.8, 4) is 5.75 Å². The zero-order chi connectivity index (χ0) is 16.9. The molecule has 2 N–H and O–H groups in total. The lowest BCUT2D eigenvalue weighted by Crippen LogP contribution is -2.43. The Labute approximate surface area is 149 Å². The number of pyridine rings is 1. The molecule has 1 aromatic carbocycles. The number of nitrogens with one attached hydrogen (secondary N) is 2. The predicted octanol–water partition coefficient (Wildman–Crippen LogP) is 2.51. The molecular weight excluding hydrogens is 372 g/mol. The maximum absolute atomic E-state index is 12.3. The number of aromatic nitrogens is 1. The molecular formula is C17H19BrN4O2. The minimum absolute atomic E-state index is 0.208. The summed E-state index contributed by atoms with van der Waals surface area (Å²) in [5.74, 6) is 1.01. The number of methoxy groups -OCH3 is 1. The van der Waals surface area contributed by atoms with Gasteiger partial charge in [-0.05, 0) is 46.3 Å². The fourth-order valence-electron chi connectivity index (χ4n) is 2.57. The minimum Gasteiger partial charge on any atom is -0.496 e. The van der Waals surface area contributed by atoms with E-state index in [1.165, 1.54) is 0 Å². The van der Waals surface area contributed by atoms with Gasteiger partial charge in [0.05, 0.1) is 23.5 Å². The number of piperazine rings is 1. The second-order valence-electron chi connectivity index (χ2n) is 5.44. The van der Waals surface area contributed by atoms with Crippen LogP contribution < -0.4 is 20.3 Å². The Hall–Kier alpha value is -2.12. The van der Waals surface area contributed by atoms with Crippen molar-refractivity contribution in [3.63, 3.8) is 0 Å². The van der Waals surface area contributed by atoms with E-state index in [1.54, 1.807) is 31.5 Å². The molecule has 3 rings (SSSR count). The average Bonchev–Trinajstić information content (AvgIpc) is 2.63. The summed E-state index contributed by atoms with van der Waals surface area (Å²) >= 11 is 3.38. The molecule has 1 fully saturated rings. The summed E-state index contributed by atoms with van der Waals surface area (Å²) in [5, 5.41) is 6.13. The van der Waals surface area contributed by atoms with Crippen molar-refractivity contribution in [2.45, 2.75) is 0 Å². The van der Waals surface area contributed by atoms with Crippen LogP contribution in [0, 0.1) is 0 Å². The van der Waals surface area contributed by atoms with Gasteiger partial charge in [-0.25, -0.2) is 4.98 Å². The number of anilines is 2. The zero-order valence-corrected chi connectivity index (χ0v) is 15.0. The van der Waals surface area contributed by atoms with E-state index in [2.05, 4.69) is 36.4 Å². The van der Waals surface area contributed by atoms with Crippen molar-refractivity contribution >= 4 is 33.3 Å². The molecule has 0 spiro atoms. The molecule has 24 heavy (non-hydrogen) atoms. The number of carbonyl (C=O) groups is 1. The van der Waals surface area contributed by atoms with Crippen molar-refractivity contribution in [1.29, 1.82) is 0 Å². The third kappa shape index (κ3) is 3.85. The molecule has 1 saturated heterocycles. The van der Waals surface area contributed by atoms with Crippen LogP contribution in [0.2, 0.25) is 0 Å². The fourth-order valence-corrected chi connectivity index (χ4v) is 3.11. The van der Waals surface area contributed by atoms with Crippen LogP contribution in [0.5, 0.6) is 5.75 Å². The molecule has 1 aromatic heterocycles. The van der Waals surface area contributed by atoms with Crippen molar-refractivity contribution in [2.75, 3.05) is 43.5 Å². The largest absolute Gasteiger partial charge is 0.496 e. The molecule has 126 valence electrons. The highest BCUT2D eigenvalue weighted by molar-refractivity contribution is 9.10. The lowest BCUT2D eigenvalue weighted by atomic mass is 10.2. The third-order valence-electron chi connectivity index (χ3n) is 3.89. The Morgan fingerprint density at radius 1 is 1.29 bits per heavy atom. The summed E-state index contributed by atoms with van der Waals surface area (Å²) in [7, 11) is 1.59. The van der Waals surface area contributed by atoms with Gasteiger partial charge in [-0.1, -0.05) is 0 Å². The molecule has 0 unspecified atom stereocenters. The second-order valence-corrected chi connectivity index (χ2v) is 6.30. The van der Waals surface area contributed by atoms with E-state index < -0.39 is 0 Å². The first kappa shape index (κ1) is 16.7. The Morgan fingerprint density at radius 2 is 2.08 bits per heavy atom. The molecule has 6 nitrogen and oxygen atoms in total. The van der Waals surface area contributed by atoms with Crippen LogP contribution in [-0.4, -0.2) is 44.2 Å². The summed E-state index contributed by atoms with van der Waals surface area (Å²) in [6.07, 6.45) is 1.80. The quantitative estimate of drug-likeness (QED) is 0.839. The van der Waals surface area contributed by atoms with Crippen LogP contribution >= 0.6 is 15.9 Å². The smallest absolute Gasteiger partial charge is 0.256 e. The van der Waals surface area contributed by atoms with Gasteiger partial charge in [-0.2, -0.15) is 0 Å². The van der Waals surface area contributed by atoms with Crippen molar-refractivity contribution in [3.05, 3.63) is 46.6 Å². The molecule has 0 saturated carbocycles. The molecule has 1 aliphatic heterocycles. The molecule has 0 atom stereocenters. The van der Waals surface area contributed by atoms with Crippen LogP contribution in [0.3, 0.4) is 0 Å². The van der Waals surface area contributed by atoms with E-state index in [-0.39, 0.29) is 5.91 Å². The predicted molar refractivity (Wildman–Crippen MR) is 98.0 cm³/mol. The SMILES string of the molecule is COc1ccc(C(=O)Nc2ccc(N3CCNCC3)cn2)cc1Br. The summed E-state index contributed by atoms with van der Waals surface area (Å²) in [6.45, 7) is 3.89. The van der Waals surface area contributed by atoms with Gasteiger partial charge < -0.3 is 20.3 Å². The summed E-state index contributed by atoms with van der Waals surface area (Å²) in [6, 6.07) is 9.00. The lowest BCUT2D eigenvalue weighted by molar-refractivity contribution is 0.102. The normalized spacial score (nSPS) is 14.3. The number of carbonyl (C=O) groups excluding carboxylic acids is 1. The number of halogens is 1. The van der Waals surface area contributed by atoms with E-state index in [0.29, 0.717) is 17.1 Å². The second kappa shape index (κ2) is 7.63. The summed E-state index contributed by atoms with van der Waals surface area (Å²) < 4.78 is 5.90. The van der Waals surface area contributed by atoms with Crippen LogP contribution in [0.15, 0.2) is 41.0 Å². The molecule has 0 radical (unpaired) electrons. The number of amides is 1. The van der Waals surface area contributed by atoms with E-state index in [4.69, 9.17) is 4.74 Å². The first-order valence-electron chi connectivity index (χ1n) is 7.74. The Balaban J connectivity index is 1.67. The molecule has 1 amide bonds. The first-order valence-corrected chi connectivity index (χ1v) is 8.53. The summed E-state index contributed by atoms with van der Waals surface area (Å²) in [5.41, 5.74) is 1.61. The maximum Gasteiger partial charge on any atom is 0.256 e. The van der Waals surface area contributed by atoms with Gasteiger partial charge in [-0.15, -0.1) is 0 Å². The van der Waals surface area contributed by atoms with Gasteiger partial charge in [0.2, 0.25) is 0 Å². The standard InChI is InChI=1S/C17H19BrN4O2/c1-24-15-4-2-12(10-14(15)18)17(23)21-16-5-3-13(11-20-16)22-8-6-19-7-9-22/h2-5,10-11,19H,6-9H2,1H3,(H,20,21,23). The molecule has 7 heteroatoms. The number of nitrogens with zero attached hydrogens (tertiary/aromatic N) is 2. The van der Waals surface area contributed by atoms with E-state index in [9.17, 15) is 4.79 Å².